The Bertz CT molecular complexity index is 218. The smallest absolute Gasteiger partial charge is 0.315 e. The lowest BCUT2D eigenvalue weighted by Gasteiger charge is -2.31. The Balaban J connectivity index is 1.94. The molecule has 0 aromatic rings. The summed E-state index contributed by atoms with van der Waals surface area (Å²) in [6.07, 6.45) is 0.841. The second-order valence-corrected chi connectivity index (χ2v) is 4.87. The first kappa shape index (κ1) is 12.2. The van der Waals surface area contributed by atoms with Gasteiger partial charge in [0.25, 0.3) is 0 Å². The molecular formula is C11H19F3N2. The van der Waals surface area contributed by atoms with E-state index in [0.717, 1.165) is 38.6 Å². The number of nitrogens with zero attached hydrogens (tertiary/aromatic N) is 1. The van der Waals surface area contributed by atoms with Gasteiger partial charge in [-0.3, -0.25) is 4.90 Å². The molecular weight excluding hydrogens is 217 g/mol. The number of nitrogens with one attached hydrogen (secondary N) is 1. The Hall–Kier alpha value is -0.290. The van der Waals surface area contributed by atoms with Crippen molar-refractivity contribution in [3.05, 3.63) is 0 Å². The summed E-state index contributed by atoms with van der Waals surface area (Å²) >= 11 is 0. The first-order valence-corrected chi connectivity index (χ1v) is 6.09. The van der Waals surface area contributed by atoms with Crippen LogP contribution in [0.4, 0.5) is 13.2 Å². The summed E-state index contributed by atoms with van der Waals surface area (Å²) < 4.78 is 37.5. The van der Waals surface area contributed by atoms with E-state index in [9.17, 15) is 13.2 Å². The van der Waals surface area contributed by atoms with Gasteiger partial charge < -0.3 is 5.32 Å². The van der Waals surface area contributed by atoms with Crippen LogP contribution in [0.15, 0.2) is 0 Å². The summed E-state index contributed by atoms with van der Waals surface area (Å²) in [5, 5.41) is 3.24. The van der Waals surface area contributed by atoms with Gasteiger partial charge in [-0.05, 0) is 32.2 Å². The average Bonchev–Trinajstić information content (AvgIpc) is 3.01. The summed E-state index contributed by atoms with van der Waals surface area (Å²) in [6, 6.07) is 0.267. The van der Waals surface area contributed by atoms with Gasteiger partial charge in [-0.2, -0.15) is 13.2 Å². The third kappa shape index (κ3) is 3.63. The minimum absolute atomic E-state index is 0.0802. The predicted molar refractivity (Wildman–Crippen MR) is 56.3 cm³/mol. The van der Waals surface area contributed by atoms with Gasteiger partial charge in [0, 0.05) is 18.6 Å². The first-order valence-electron chi connectivity index (χ1n) is 6.09. The molecule has 0 spiro atoms. The lowest BCUT2D eigenvalue weighted by Crippen LogP contribution is -2.47. The molecule has 1 saturated heterocycles. The Morgan fingerprint density at radius 3 is 2.44 bits per heavy atom. The van der Waals surface area contributed by atoms with Gasteiger partial charge >= 0.3 is 6.18 Å². The number of hydrogen-bond acceptors (Lipinski definition) is 2. The molecule has 0 bridgehead atoms. The maximum atomic E-state index is 12.5. The molecule has 0 amide bonds. The van der Waals surface area contributed by atoms with Crippen LogP contribution in [0.5, 0.6) is 0 Å². The van der Waals surface area contributed by atoms with Crippen molar-refractivity contribution in [3.63, 3.8) is 0 Å². The third-order valence-electron chi connectivity index (χ3n) is 3.37. The van der Waals surface area contributed by atoms with Gasteiger partial charge in [0.15, 0.2) is 0 Å². The van der Waals surface area contributed by atoms with Crippen LogP contribution >= 0.6 is 0 Å². The molecule has 1 atom stereocenters. The average molecular weight is 236 g/mol. The topological polar surface area (TPSA) is 15.3 Å². The number of rotatable bonds is 3. The van der Waals surface area contributed by atoms with Gasteiger partial charge in [-0.25, -0.2) is 0 Å². The van der Waals surface area contributed by atoms with Crippen LogP contribution in [0.3, 0.4) is 0 Å². The highest BCUT2D eigenvalue weighted by Gasteiger charge is 2.41. The van der Waals surface area contributed by atoms with E-state index in [2.05, 4.69) is 5.32 Å². The normalized spacial score (nSPS) is 28.1. The molecule has 0 aromatic carbocycles. The Morgan fingerprint density at radius 2 is 1.81 bits per heavy atom. The maximum absolute atomic E-state index is 12.5. The molecule has 2 aliphatic rings. The molecule has 5 heteroatoms. The van der Waals surface area contributed by atoms with Crippen LogP contribution in [0.2, 0.25) is 0 Å². The number of hydrogen-bond donors (Lipinski definition) is 1. The number of halogens is 3. The zero-order valence-electron chi connectivity index (χ0n) is 9.39. The minimum Gasteiger partial charge on any atom is -0.315 e. The molecule has 2 nitrogen and oxygen atoms in total. The molecule has 1 N–H and O–H groups in total. The van der Waals surface area contributed by atoms with Crippen molar-refractivity contribution >= 4 is 0 Å². The van der Waals surface area contributed by atoms with Crippen LogP contribution in [-0.2, 0) is 0 Å². The quantitative estimate of drug-likeness (QED) is 0.807. The van der Waals surface area contributed by atoms with Crippen molar-refractivity contribution in [1.29, 1.82) is 0 Å². The number of alkyl halides is 3. The second kappa shape index (κ2) is 4.92. The van der Waals surface area contributed by atoms with Crippen molar-refractivity contribution < 1.29 is 13.2 Å². The fourth-order valence-corrected chi connectivity index (χ4v) is 2.45. The van der Waals surface area contributed by atoms with E-state index in [-0.39, 0.29) is 12.1 Å². The van der Waals surface area contributed by atoms with Crippen LogP contribution in [0, 0.1) is 0 Å². The summed E-state index contributed by atoms with van der Waals surface area (Å²) in [5.74, 6) is 0. The predicted octanol–water partition coefficient (Wildman–Crippen LogP) is 2.16. The molecule has 1 aliphatic heterocycles. The van der Waals surface area contributed by atoms with Crippen molar-refractivity contribution in [2.24, 2.45) is 0 Å². The molecule has 1 unspecified atom stereocenters. The van der Waals surface area contributed by atoms with E-state index in [1.165, 1.54) is 0 Å². The fraction of sp³-hybridized carbons (Fsp3) is 1.00. The molecule has 94 valence electrons. The molecule has 2 rings (SSSR count). The van der Waals surface area contributed by atoms with E-state index >= 15 is 0 Å². The minimum atomic E-state index is -4.06. The molecule has 16 heavy (non-hydrogen) atoms. The lowest BCUT2D eigenvalue weighted by atomic mass is 10.1. The molecule has 0 radical (unpaired) electrons. The Morgan fingerprint density at radius 1 is 1.06 bits per heavy atom. The van der Waals surface area contributed by atoms with Gasteiger partial charge in [0.1, 0.15) is 0 Å². The standard InChI is InChI=1S/C11H19F3N2/c12-11(13,14)8-16(9-4-5-9)10-3-1-2-6-15-7-10/h9-10,15H,1-8H2. The highest BCUT2D eigenvalue weighted by molar-refractivity contribution is 4.91. The molecule has 1 heterocycles. The van der Waals surface area contributed by atoms with E-state index < -0.39 is 12.7 Å². The van der Waals surface area contributed by atoms with Crippen molar-refractivity contribution in [2.45, 2.75) is 50.4 Å². The van der Waals surface area contributed by atoms with Crippen molar-refractivity contribution in [2.75, 3.05) is 19.6 Å². The highest BCUT2D eigenvalue weighted by Crippen LogP contribution is 2.33. The zero-order valence-corrected chi connectivity index (χ0v) is 9.39. The zero-order chi connectivity index (χ0) is 11.6. The van der Waals surface area contributed by atoms with E-state index in [1.807, 2.05) is 0 Å². The van der Waals surface area contributed by atoms with Gasteiger partial charge in [0.05, 0.1) is 6.54 Å². The highest BCUT2D eigenvalue weighted by atomic mass is 19.4. The monoisotopic (exact) mass is 236 g/mol. The molecule has 1 saturated carbocycles. The maximum Gasteiger partial charge on any atom is 0.401 e. The first-order chi connectivity index (χ1) is 7.56. The summed E-state index contributed by atoms with van der Waals surface area (Å²) in [7, 11) is 0. The fourth-order valence-electron chi connectivity index (χ4n) is 2.45. The third-order valence-corrected chi connectivity index (χ3v) is 3.37. The Kier molecular flexibility index (Phi) is 3.74. The van der Waals surface area contributed by atoms with Crippen molar-refractivity contribution in [1.82, 2.24) is 10.2 Å². The van der Waals surface area contributed by atoms with Crippen LogP contribution in [-0.4, -0.2) is 42.8 Å². The second-order valence-electron chi connectivity index (χ2n) is 4.87. The van der Waals surface area contributed by atoms with Crippen molar-refractivity contribution in [3.8, 4) is 0 Å². The van der Waals surface area contributed by atoms with E-state index in [4.69, 9.17) is 0 Å². The van der Waals surface area contributed by atoms with E-state index in [1.54, 1.807) is 4.90 Å². The van der Waals surface area contributed by atoms with Crippen LogP contribution < -0.4 is 5.32 Å². The van der Waals surface area contributed by atoms with Gasteiger partial charge in [-0.1, -0.05) is 6.42 Å². The summed E-state index contributed by atoms with van der Waals surface area (Å²) in [5.41, 5.74) is 0. The summed E-state index contributed by atoms with van der Waals surface area (Å²) in [6.45, 7) is 0.928. The van der Waals surface area contributed by atoms with E-state index in [0.29, 0.717) is 6.54 Å². The molecule has 0 aromatic heterocycles. The van der Waals surface area contributed by atoms with Gasteiger partial charge in [-0.15, -0.1) is 0 Å². The Labute approximate surface area is 94.2 Å². The van der Waals surface area contributed by atoms with Crippen LogP contribution in [0.1, 0.15) is 32.1 Å². The van der Waals surface area contributed by atoms with Gasteiger partial charge in [0.2, 0.25) is 0 Å². The molecule has 2 fully saturated rings. The lowest BCUT2D eigenvalue weighted by molar-refractivity contribution is -0.152. The SMILES string of the molecule is FC(F)(F)CN(C1CC1)C1CCCCNC1. The summed E-state index contributed by atoms with van der Waals surface area (Å²) in [4.78, 5) is 1.68. The van der Waals surface area contributed by atoms with Crippen LogP contribution in [0.25, 0.3) is 0 Å². The molecule has 1 aliphatic carbocycles. The largest absolute Gasteiger partial charge is 0.401 e.